The minimum Gasteiger partial charge on any atom is -0.444 e. The number of aliphatic imine (C=N–C) groups is 1. The first-order valence-corrected chi connectivity index (χ1v) is 10.4. The van der Waals surface area contributed by atoms with Gasteiger partial charge in [0.1, 0.15) is 5.60 Å². The first-order valence-electron chi connectivity index (χ1n) is 10.4. The zero-order valence-corrected chi connectivity index (χ0v) is 18.6. The molecule has 0 aromatic rings. The van der Waals surface area contributed by atoms with E-state index in [1.54, 1.807) is 12.0 Å². The van der Waals surface area contributed by atoms with Crippen molar-refractivity contribution >= 4 is 12.1 Å². The minimum absolute atomic E-state index is 0.287. The molecule has 1 atom stereocenters. The van der Waals surface area contributed by atoms with Gasteiger partial charge in [-0.2, -0.15) is 0 Å². The third kappa shape index (κ3) is 9.59. The molecule has 1 amide bonds. The van der Waals surface area contributed by atoms with Crippen LogP contribution < -0.4 is 5.32 Å². The standard InChI is InChI=1S/C20H40N4O4/c1-7-21-18(24-11-9-17(15-24)16-27-14-13-26-6)22-10-12-23(8-2)19(25)28-20(3,4)5/h17H,7-16H2,1-6H3,(H,21,22). The monoisotopic (exact) mass is 400 g/mol. The molecular formula is C20H40N4O4. The fourth-order valence-corrected chi connectivity index (χ4v) is 2.96. The van der Waals surface area contributed by atoms with Gasteiger partial charge in [0.25, 0.3) is 0 Å². The fourth-order valence-electron chi connectivity index (χ4n) is 2.96. The van der Waals surface area contributed by atoms with Crippen LogP contribution in [-0.4, -0.2) is 93.7 Å². The van der Waals surface area contributed by atoms with E-state index in [-0.39, 0.29) is 6.09 Å². The Morgan fingerprint density at radius 2 is 2.04 bits per heavy atom. The van der Waals surface area contributed by atoms with Crippen LogP contribution in [0.1, 0.15) is 41.0 Å². The molecule has 1 aliphatic heterocycles. The van der Waals surface area contributed by atoms with Crippen LogP contribution >= 0.6 is 0 Å². The number of hydrogen-bond acceptors (Lipinski definition) is 5. The molecule has 0 spiro atoms. The smallest absolute Gasteiger partial charge is 0.410 e. The van der Waals surface area contributed by atoms with E-state index in [0.29, 0.717) is 38.8 Å². The van der Waals surface area contributed by atoms with Gasteiger partial charge in [-0.1, -0.05) is 0 Å². The van der Waals surface area contributed by atoms with Crippen LogP contribution in [0, 0.1) is 5.92 Å². The molecule has 8 nitrogen and oxygen atoms in total. The Balaban J connectivity index is 2.51. The second-order valence-corrected chi connectivity index (χ2v) is 7.96. The molecule has 0 radical (unpaired) electrons. The number of methoxy groups -OCH3 is 1. The highest BCUT2D eigenvalue weighted by molar-refractivity contribution is 5.80. The number of carbonyl (C=O) groups excluding carboxylic acids is 1. The molecule has 8 heteroatoms. The largest absolute Gasteiger partial charge is 0.444 e. The Bertz CT molecular complexity index is 479. The average molecular weight is 401 g/mol. The second-order valence-electron chi connectivity index (χ2n) is 7.96. The number of rotatable bonds is 10. The molecule has 28 heavy (non-hydrogen) atoms. The van der Waals surface area contributed by atoms with Gasteiger partial charge in [0.05, 0.1) is 26.4 Å². The summed E-state index contributed by atoms with van der Waals surface area (Å²) in [4.78, 5) is 20.9. The maximum atomic E-state index is 12.2. The molecule has 1 fully saturated rings. The van der Waals surface area contributed by atoms with E-state index in [9.17, 15) is 4.79 Å². The molecule has 0 saturated carbocycles. The summed E-state index contributed by atoms with van der Waals surface area (Å²) < 4.78 is 16.1. The zero-order chi connectivity index (χ0) is 21.0. The van der Waals surface area contributed by atoms with Gasteiger partial charge < -0.3 is 29.3 Å². The number of likely N-dealkylation sites (N-methyl/N-ethyl adjacent to an activating group) is 1. The Kier molecular flexibility index (Phi) is 11.2. The van der Waals surface area contributed by atoms with Crippen LogP contribution in [0.4, 0.5) is 4.79 Å². The third-order valence-electron chi connectivity index (χ3n) is 4.37. The summed E-state index contributed by atoms with van der Waals surface area (Å²) >= 11 is 0. The lowest BCUT2D eigenvalue weighted by molar-refractivity contribution is 0.0266. The molecule has 1 saturated heterocycles. The van der Waals surface area contributed by atoms with E-state index in [0.717, 1.165) is 38.6 Å². The van der Waals surface area contributed by atoms with Crippen molar-refractivity contribution in [1.29, 1.82) is 0 Å². The molecule has 0 aliphatic carbocycles. The van der Waals surface area contributed by atoms with Crippen molar-refractivity contribution in [3.8, 4) is 0 Å². The lowest BCUT2D eigenvalue weighted by Crippen LogP contribution is -2.41. The topological polar surface area (TPSA) is 75.6 Å². The van der Waals surface area contributed by atoms with Gasteiger partial charge in [-0.05, 0) is 41.0 Å². The van der Waals surface area contributed by atoms with Gasteiger partial charge in [0, 0.05) is 45.8 Å². The van der Waals surface area contributed by atoms with E-state index in [2.05, 4.69) is 17.1 Å². The second kappa shape index (κ2) is 12.8. The number of hydrogen-bond donors (Lipinski definition) is 1. The third-order valence-corrected chi connectivity index (χ3v) is 4.37. The van der Waals surface area contributed by atoms with Crippen molar-refractivity contribution in [3.05, 3.63) is 0 Å². The summed E-state index contributed by atoms with van der Waals surface area (Å²) in [6.45, 7) is 16.1. The van der Waals surface area contributed by atoms with Crippen LogP contribution in [0.15, 0.2) is 4.99 Å². The van der Waals surface area contributed by atoms with Gasteiger partial charge in [0.15, 0.2) is 5.96 Å². The van der Waals surface area contributed by atoms with E-state index in [1.165, 1.54) is 0 Å². The highest BCUT2D eigenvalue weighted by Gasteiger charge is 2.25. The van der Waals surface area contributed by atoms with Crippen molar-refractivity contribution in [2.45, 2.75) is 46.6 Å². The Hall–Kier alpha value is -1.54. The van der Waals surface area contributed by atoms with Gasteiger partial charge in [-0.15, -0.1) is 0 Å². The normalized spacial score (nSPS) is 17.7. The Morgan fingerprint density at radius 1 is 1.29 bits per heavy atom. The molecule has 1 heterocycles. The van der Waals surface area contributed by atoms with E-state index in [4.69, 9.17) is 19.2 Å². The number of nitrogens with zero attached hydrogens (tertiary/aromatic N) is 3. The van der Waals surface area contributed by atoms with E-state index >= 15 is 0 Å². The lowest BCUT2D eigenvalue weighted by Gasteiger charge is -2.26. The number of nitrogens with one attached hydrogen (secondary N) is 1. The summed E-state index contributed by atoms with van der Waals surface area (Å²) in [5, 5.41) is 3.36. The predicted octanol–water partition coefficient (Wildman–Crippen LogP) is 2.19. The summed E-state index contributed by atoms with van der Waals surface area (Å²) in [6.07, 6.45) is 0.806. The zero-order valence-electron chi connectivity index (χ0n) is 18.6. The highest BCUT2D eigenvalue weighted by atomic mass is 16.6. The van der Waals surface area contributed by atoms with E-state index < -0.39 is 5.60 Å². The molecule has 1 aliphatic rings. The van der Waals surface area contributed by atoms with Crippen LogP contribution in [0.25, 0.3) is 0 Å². The first kappa shape index (κ1) is 24.5. The molecule has 0 aromatic carbocycles. The summed E-state index contributed by atoms with van der Waals surface area (Å²) in [6, 6.07) is 0. The van der Waals surface area contributed by atoms with Crippen molar-refractivity contribution in [2.24, 2.45) is 10.9 Å². The Labute approximate surface area is 170 Å². The van der Waals surface area contributed by atoms with E-state index in [1.807, 2.05) is 27.7 Å². The molecule has 1 unspecified atom stereocenters. The first-order chi connectivity index (χ1) is 13.3. The number of carbonyl (C=O) groups is 1. The maximum Gasteiger partial charge on any atom is 0.410 e. The fraction of sp³-hybridized carbons (Fsp3) is 0.900. The molecule has 1 rings (SSSR count). The van der Waals surface area contributed by atoms with Crippen LogP contribution in [0.2, 0.25) is 0 Å². The van der Waals surface area contributed by atoms with Crippen LogP contribution in [0.5, 0.6) is 0 Å². The number of likely N-dealkylation sites (tertiary alicyclic amines) is 1. The van der Waals surface area contributed by atoms with Gasteiger partial charge >= 0.3 is 6.09 Å². The molecule has 164 valence electrons. The maximum absolute atomic E-state index is 12.2. The van der Waals surface area contributed by atoms with Crippen molar-refractivity contribution in [1.82, 2.24) is 15.1 Å². The number of guanidine groups is 1. The minimum atomic E-state index is -0.488. The van der Waals surface area contributed by atoms with Crippen molar-refractivity contribution in [2.75, 3.05) is 66.2 Å². The van der Waals surface area contributed by atoms with Crippen LogP contribution in [0.3, 0.4) is 0 Å². The van der Waals surface area contributed by atoms with Gasteiger partial charge in [-0.3, -0.25) is 4.99 Å². The molecule has 0 aromatic heterocycles. The number of ether oxygens (including phenoxy) is 3. The molecule has 1 N–H and O–H groups in total. The number of amides is 1. The summed E-state index contributed by atoms with van der Waals surface area (Å²) in [5.74, 6) is 1.41. The van der Waals surface area contributed by atoms with Crippen molar-refractivity contribution in [3.63, 3.8) is 0 Å². The SMILES string of the molecule is CCNC(=NCCN(CC)C(=O)OC(C)(C)C)N1CCC(COCCOC)C1. The van der Waals surface area contributed by atoms with Crippen molar-refractivity contribution < 1.29 is 19.0 Å². The lowest BCUT2D eigenvalue weighted by atomic mass is 10.1. The molecular weight excluding hydrogens is 360 g/mol. The van der Waals surface area contributed by atoms with Gasteiger partial charge in [0.2, 0.25) is 0 Å². The summed E-state index contributed by atoms with van der Waals surface area (Å²) in [5.41, 5.74) is -0.488. The van der Waals surface area contributed by atoms with Crippen LogP contribution in [-0.2, 0) is 14.2 Å². The Morgan fingerprint density at radius 3 is 2.64 bits per heavy atom. The van der Waals surface area contributed by atoms with Gasteiger partial charge in [-0.25, -0.2) is 4.79 Å². The summed E-state index contributed by atoms with van der Waals surface area (Å²) in [7, 11) is 1.68. The molecule has 0 bridgehead atoms. The average Bonchev–Trinajstić information content (AvgIpc) is 3.08. The predicted molar refractivity (Wildman–Crippen MR) is 112 cm³/mol. The highest BCUT2D eigenvalue weighted by Crippen LogP contribution is 2.16. The quantitative estimate of drug-likeness (QED) is 0.344.